The summed E-state index contributed by atoms with van der Waals surface area (Å²) in [6, 6.07) is 10.3. The zero-order valence-electron chi connectivity index (χ0n) is 14.7. The van der Waals surface area contributed by atoms with Gasteiger partial charge in [-0.3, -0.25) is 9.59 Å². The SMILES string of the molecule is CC(C)(C)OC(=O)CCC(=O)N1CCOC1=O.Cc1ccccc1. The van der Waals surface area contributed by atoms with Crippen molar-refractivity contribution < 1.29 is 23.9 Å². The molecule has 0 aromatic heterocycles. The van der Waals surface area contributed by atoms with Crippen molar-refractivity contribution in [3.05, 3.63) is 35.9 Å². The summed E-state index contributed by atoms with van der Waals surface area (Å²) < 4.78 is 9.68. The summed E-state index contributed by atoms with van der Waals surface area (Å²) in [6.07, 6.45) is -0.705. The van der Waals surface area contributed by atoms with Gasteiger partial charge in [0.15, 0.2) is 0 Å². The zero-order valence-corrected chi connectivity index (χ0v) is 14.7. The predicted octanol–water partition coefficient (Wildman–Crippen LogP) is 3.08. The van der Waals surface area contributed by atoms with E-state index in [2.05, 4.69) is 23.8 Å². The van der Waals surface area contributed by atoms with Crippen molar-refractivity contribution in [1.29, 1.82) is 0 Å². The highest BCUT2D eigenvalue weighted by Crippen LogP contribution is 2.11. The fourth-order valence-corrected chi connectivity index (χ4v) is 1.89. The summed E-state index contributed by atoms with van der Waals surface area (Å²) in [5.74, 6) is -0.850. The third kappa shape index (κ3) is 7.76. The third-order valence-corrected chi connectivity index (χ3v) is 2.97. The number of benzene rings is 1. The highest BCUT2D eigenvalue weighted by Gasteiger charge is 2.28. The van der Waals surface area contributed by atoms with Crippen LogP contribution in [0.4, 0.5) is 4.79 Å². The van der Waals surface area contributed by atoms with Crippen LogP contribution in [0.5, 0.6) is 0 Å². The number of amides is 2. The Labute approximate surface area is 142 Å². The van der Waals surface area contributed by atoms with Crippen LogP contribution in [-0.4, -0.2) is 41.6 Å². The maximum Gasteiger partial charge on any atom is 0.416 e. The lowest BCUT2D eigenvalue weighted by molar-refractivity contribution is -0.156. The van der Waals surface area contributed by atoms with Crippen molar-refractivity contribution in [3.8, 4) is 0 Å². The molecule has 6 nitrogen and oxygen atoms in total. The molecule has 1 aliphatic heterocycles. The zero-order chi connectivity index (χ0) is 18.2. The first-order valence-corrected chi connectivity index (χ1v) is 7.89. The Hall–Kier alpha value is -2.37. The number of hydrogen-bond donors (Lipinski definition) is 0. The van der Waals surface area contributed by atoms with Gasteiger partial charge in [0.2, 0.25) is 5.91 Å². The summed E-state index contributed by atoms with van der Waals surface area (Å²) in [6.45, 7) is 7.82. The van der Waals surface area contributed by atoms with E-state index in [4.69, 9.17) is 4.74 Å². The van der Waals surface area contributed by atoms with E-state index in [1.165, 1.54) is 5.56 Å². The van der Waals surface area contributed by atoms with E-state index in [1.54, 1.807) is 20.8 Å². The van der Waals surface area contributed by atoms with Gasteiger partial charge in [-0.1, -0.05) is 35.9 Å². The van der Waals surface area contributed by atoms with E-state index >= 15 is 0 Å². The summed E-state index contributed by atoms with van der Waals surface area (Å²) in [7, 11) is 0. The number of hydrogen-bond acceptors (Lipinski definition) is 5. The average molecular weight is 335 g/mol. The van der Waals surface area contributed by atoms with Crippen LogP contribution in [-0.2, 0) is 19.1 Å². The Kier molecular flexibility index (Phi) is 7.42. The molecule has 0 unspecified atom stereocenters. The maximum absolute atomic E-state index is 11.5. The number of aryl methyl sites for hydroxylation is 1. The Morgan fingerprint density at radius 2 is 1.79 bits per heavy atom. The molecule has 24 heavy (non-hydrogen) atoms. The summed E-state index contributed by atoms with van der Waals surface area (Å²) in [4.78, 5) is 35.0. The highest BCUT2D eigenvalue weighted by atomic mass is 16.6. The van der Waals surface area contributed by atoms with Crippen LogP contribution in [0.2, 0.25) is 0 Å². The lowest BCUT2D eigenvalue weighted by atomic mass is 10.2. The normalized spacial score (nSPS) is 13.7. The van der Waals surface area contributed by atoms with Gasteiger partial charge in [0.1, 0.15) is 12.2 Å². The molecule has 0 radical (unpaired) electrons. The molecule has 0 spiro atoms. The van der Waals surface area contributed by atoms with Gasteiger partial charge in [-0.05, 0) is 27.7 Å². The van der Waals surface area contributed by atoms with Crippen molar-refractivity contribution in [2.45, 2.75) is 46.1 Å². The first-order chi connectivity index (χ1) is 11.2. The van der Waals surface area contributed by atoms with Crippen LogP contribution in [0.15, 0.2) is 30.3 Å². The van der Waals surface area contributed by atoms with E-state index in [-0.39, 0.29) is 26.0 Å². The maximum atomic E-state index is 11.5. The minimum absolute atomic E-state index is 0.0279. The Balaban J connectivity index is 0.000000341. The van der Waals surface area contributed by atoms with Crippen molar-refractivity contribution >= 4 is 18.0 Å². The van der Waals surface area contributed by atoms with Gasteiger partial charge in [0.25, 0.3) is 0 Å². The number of carbonyl (C=O) groups excluding carboxylic acids is 3. The number of carbonyl (C=O) groups is 3. The van der Waals surface area contributed by atoms with E-state index < -0.39 is 23.6 Å². The molecule has 132 valence electrons. The molecule has 0 bridgehead atoms. The summed E-state index contributed by atoms with van der Waals surface area (Å²) in [5, 5.41) is 0. The van der Waals surface area contributed by atoms with Gasteiger partial charge in [0, 0.05) is 6.42 Å². The lowest BCUT2D eigenvalue weighted by Crippen LogP contribution is -2.32. The van der Waals surface area contributed by atoms with Gasteiger partial charge in [-0.2, -0.15) is 0 Å². The molecule has 1 aromatic rings. The first kappa shape index (κ1) is 19.7. The molecule has 1 aromatic carbocycles. The second-order valence-electron chi connectivity index (χ2n) is 6.40. The minimum Gasteiger partial charge on any atom is -0.460 e. The molecule has 1 aliphatic rings. The molecule has 2 amide bonds. The highest BCUT2D eigenvalue weighted by molar-refractivity contribution is 5.94. The van der Waals surface area contributed by atoms with Crippen LogP contribution < -0.4 is 0 Å². The molecule has 1 heterocycles. The third-order valence-electron chi connectivity index (χ3n) is 2.97. The fraction of sp³-hybridized carbons (Fsp3) is 0.500. The van der Waals surface area contributed by atoms with E-state index in [9.17, 15) is 14.4 Å². The largest absolute Gasteiger partial charge is 0.460 e. The van der Waals surface area contributed by atoms with Crippen LogP contribution in [0.3, 0.4) is 0 Å². The molecule has 2 rings (SSSR count). The van der Waals surface area contributed by atoms with E-state index in [0.29, 0.717) is 0 Å². The molecule has 0 aliphatic carbocycles. The Morgan fingerprint density at radius 3 is 2.21 bits per heavy atom. The molecular weight excluding hydrogens is 310 g/mol. The minimum atomic E-state index is -0.640. The monoisotopic (exact) mass is 335 g/mol. The van der Waals surface area contributed by atoms with Crippen LogP contribution in [0.1, 0.15) is 39.2 Å². The second-order valence-corrected chi connectivity index (χ2v) is 6.40. The van der Waals surface area contributed by atoms with Gasteiger partial charge >= 0.3 is 12.1 Å². The van der Waals surface area contributed by atoms with Crippen LogP contribution in [0, 0.1) is 6.92 Å². The standard InChI is InChI=1S/C11H17NO5.C7H8/c1-11(2,3)17-9(14)5-4-8(13)12-6-7-16-10(12)15;1-7-5-3-2-4-6-7/h4-7H2,1-3H3;2-6H,1H3. The quantitative estimate of drug-likeness (QED) is 0.794. The van der Waals surface area contributed by atoms with Crippen molar-refractivity contribution in [2.24, 2.45) is 0 Å². The van der Waals surface area contributed by atoms with Crippen LogP contribution in [0.25, 0.3) is 0 Å². The smallest absolute Gasteiger partial charge is 0.416 e. The van der Waals surface area contributed by atoms with Gasteiger partial charge in [-0.25, -0.2) is 9.69 Å². The molecule has 0 N–H and O–H groups in total. The van der Waals surface area contributed by atoms with Crippen LogP contribution >= 0.6 is 0 Å². The number of cyclic esters (lactones) is 1. The lowest BCUT2D eigenvalue weighted by Gasteiger charge is -2.19. The van der Waals surface area contributed by atoms with E-state index in [1.807, 2.05) is 18.2 Å². The Morgan fingerprint density at radius 1 is 1.17 bits per heavy atom. The second kappa shape index (κ2) is 9.05. The van der Waals surface area contributed by atoms with Crippen molar-refractivity contribution in [2.75, 3.05) is 13.2 Å². The first-order valence-electron chi connectivity index (χ1n) is 7.89. The number of rotatable bonds is 3. The number of imide groups is 1. The summed E-state index contributed by atoms with van der Waals surface area (Å²) in [5.41, 5.74) is 0.759. The molecule has 0 saturated carbocycles. The topological polar surface area (TPSA) is 72.9 Å². The number of esters is 1. The van der Waals surface area contributed by atoms with Gasteiger partial charge < -0.3 is 9.47 Å². The fourth-order valence-electron chi connectivity index (χ4n) is 1.89. The predicted molar refractivity (Wildman–Crippen MR) is 89.3 cm³/mol. The van der Waals surface area contributed by atoms with Crippen molar-refractivity contribution in [1.82, 2.24) is 4.90 Å². The molecular formula is C18H25NO5. The molecule has 1 saturated heterocycles. The molecule has 6 heteroatoms. The Bertz CT molecular complexity index is 563. The number of nitrogens with zero attached hydrogens (tertiary/aromatic N) is 1. The van der Waals surface area contributed by atoms with E-state index in [0.717, 1.165) is 4.90 Å². The van der Waals surface area contributed by atoms with Gasteiger partial charge in [0.05, 0.1) is 13.0 Å². The molecule has 0 atom stereocenters. The van der Waals surface area contributed by atoms with Crippen molar-refractivity contribution in [3.63, 3.8) is 0 Å². The number of ether oxygens (including phenoxy) is 2. The average Bonchev–Trinajstić information content (AvgIpc) is 2.91. The van der Waals surface area contributed by atoms with Gasteiger partial charge in [-0.15, -0.1) is 0 Å². The summed E-state index contributed by atoms with van der Waals surface area (Å²) >= 11 is 0. The molecule has 1 fully saturated rings.